The predicted molar refractivity (Wildman–Crippen MR) is 248 cm³/mol. The summed E-state index contributed by atoms with van der Waals surface area (Å²) in [5.41, 5.74) is 6.65. The molecule has 0 saturated carbocycles. The van der Waals surface area contributed by atoms with Gasteiger partial charge in [0.15, 0.2) is 6.20 Å². The highest BCUT2D eigenvalue weighted by atomic mass is 35.7. The Hall–Kier alpha value is -5.85. The third-order valence-electron chi connectivity index (χ3n) is 7.51. The zero-order chi connectivity index (χ0) is 49.4. The van der Waals surface area contributed by atoms with E-state index in [-0.39, 0.29) is 69.3 Å². The number of carbonyl (C=O) groups is 2. The molecule has 20 nitrogen and oxygen atoms in total. The molecular weight excluding hydrogens is 948 g/mol. The molecule has 2 aromatic carbocycles. The van der Waals surface area contributed by atoms with E-state index in [1.807, 2.05) is 60.7 Å². The first-order chi connectivity index (χ1) is 31.3. The van der Waals surface area contributed by atoms with Crippen molar-refractivity contribution in [3.63, 3.8) is 0 Å². The molecule has 5 rings (SSSR count). The van der Waals surface area contributed by atoms with Gasteiger partial charge >= 0.3 is 12.2 Å². The van der Waals surface area contributed by atoms with E-state index in [0.717, 1.165) is 35.0 Å². The van der Waals surface area contributed by atoms with E-state index in [2.05, 4.69) is 14.9 Å². The van der Waals surface area contributed by atoms with Gasteiger partial charge in [0.2, 0.25) is 9.05 Å². The number of benzene rings is 2. The largest absolute Gasteiger partial charge is 0.711 e. The number of hydrogen-bond acceptors (Lipinski definition) is 15. The van der Waals surface area contributed by atoms with Crippen LogP contribution in [0.4, 0.5) is 21.2 Å². The zero-order valence-corrected chi connectivity index (χ0v) is 39.3. The number of aliphatic hydroxyl groups excluding tert-OH is 2. The minimum atomic E-state index is -3.56. The number of halogens is 2. The third-order valence-corrected chi connectivity index (χ3v) is 8.40. The maximum absolute atomic E-state index is 12.5. The highest BCUT2D eigenvalue weighted by Gasteiger charge is 2.28. The van der Waals surface area contributed by atoms with E-state index >= 15 is 0 Å². The number of ether oxygens (including phenoxy) is 2. The van der Waals surface area contributed by atoms with Crippen LogP contribution in [0.3, 0.4) is 0 Å². The molecule has 3 aromatic heterocycles. The van der Waals surface area contributed by atoms with Gasteiger partial charge in [-0.1, -0.05) is 72.8 Å². The van der Waals surface area contributed by atoms with Crippen LogP contribution in [0.2, 0.25) is 5.15 Å². The number of carbonyl (C=O) groups excluding carboxylic acids is 2. The van der Waals surface area contributed by atoms with Gasteiger partial charge in [0.1, 0.15) is 13.2 Å². The van der Waals surface area contributed by atoms with Crippen LogP contribution < -0.4 is 29.7 Å². The second-order valence-electron chi connectivity index (χ2n) is 13.0. The molecule has 0 bridgehead atoms. The topological polar surface area (TPSA) is 284 Å². The van der Waals surface area contributed by atoms with E-state index in [9.17, 15) is 42.0 Å². The summed E-state index contributed by atoms with van der Waals surface area (Å²) in [4.78, 5) is 27.1. The van der Waals surface area contributed by atoms with E-state index in [4.69, 9.17) is 37.0 Å². The summed E-state index contributed by atoms with van der Waals surface area (Å²) >= 11 is 5.36. The Balaban J connectivity index is 0.000000484. The molecular formula is C42H54Cl2N6O14S2. The van der Waals surface area contributed by atoms with Crippen molar-refractivity contribution in [1.82, 2.24) is 0 Å². The molecule has 5 aromatic rings. The van der Waals surface area contributed by atoms with Crippen LogP contribution >= 0.6 is 22.3 Å². The van der Waals surface area contributed by atoms with Gasteiger partial charge in [0.05, 0.1) is 44.6 Å². The highest BCUT2D eigenvalue weighted by molar-refractivity contribution is 8.13. The first-order valence-corrected chi connectivity index (χ1v) is 24.5. The summed E-state index contributed by atoms with van der Waals surface area (Å²) in [5.74, 6) is 0.263. The Morgan fingerprint density at radius 2 is 1.00 bits per heavy atom. The lowest BCUT2D eigenvalue weighted by molar-refractivity contribution is -0.603. The molecule has 0 aliphatic carbocycles. The number of aromatic nitrogens is 3. The SMILES string of the molecule is CS(=O)(=O)Cl.CS(=O)(=O)OCCCN(C(=O)OCc1ccccc1)c1cccc[n+]1[O-].NCCCO.O=C(OCc1ccccc1)N(CCCO)c1cccc[n+]1[O-].[O-][n+]1ccccc1Cl. The summed E-state index contributed by atoms with van der Waals surface area (Å²) < 4.78 is 57.7. The summed E-state index contributed by atoms with van der Waals surface area (Å²) in [5, 5.41) is 51.3. The van der Waals surface area contributed by atoms with Gasteiger partial charge in [0.25, 0.3) is 26.9 Å². The van der Waals surface area contributed by atoms with E-state index in [1.54, 1.807) is 30.3 Å². The number of aliphatic hydroxyl groups is 2. The molecule has 4 N–H and O–H groups in total. The van der Waals surface area contributed by atoms with Gasteiger partial charge in [-0.15, -0.1) is 0 Å². The van der Waals surface area contributed by atoms with Crippen molar-refractivity contribution in [2.45, 2.75) is 32.5 Å². The Morgan fingerprint density at radius 3 is 1.32 bits per heavy atom. The molecule has 0 unspecified atom stereocenters. The maximum Gasteiger partial charge on any atom is 0.507 e. The number of amides is 2. The summed E-state index contributed by atoms with van der Waals surface area (Å²) in [6.45, 7) is 1.09. The van der Waals surface area contributed by atoms with Crippen molar-refractivity contribution < 1.29 is 64.5 Å². The quantitative estimate of drug-likeness (QED) is 0.0312. The maximum atomic E-state index is 12.5. The van der Waals surface area contributed by atoms with Crippen LogP contribution in [0.5, 0.6) is 0 Å². The molecule has 0 aliphatic heterocycles. The lowest BCUT2D eigenvalue weighted by Crippen LogP contribution is -2.42. The third kappa shape index (κ3) is 27.5. The lowest BCUT2D eigenvalue weighted by Gasteiger charge is -2.18. The number of nitrogens with zero attached hydrogens (tertiary/aromatic N) is 5. The molecule has 0 spiro atoms. The average molecular weight is 1000 g/mol. The fourth-order valence-electron chi connectivity index (χ4n) is 4.61. The summed E-state index contributed by atoms with van der Waals surface area (Å²) in [6, 6.07) is 32.7. The average Bonchev–Trinajstić information content (AvgIpc) is 3.28. The molecule has 0 saturated heterocycles. The van der Waals surface area contributed by atoms with Gasteiger partial charge in [0, 0.05) is 61.0 Å². The van der Waals surface area contributed by atoms with Crippen molar-refractivity contribution in [3.05, 3.63) is 166 Å². The zero-order valence-electron chi connectivity index (χ0n) is 36.2. The predicted octanol–water partition coefficient (Wildman–Crippen LogP) is 4.16. The van der Waals surface area contributed by atoms with E-state index < -0.39 is 31.4 Å². The minimum Gasteiger partial charge on any atom is -0.711 e. The van der Waals surface area contributed by atoms with Crippen LogP contribution in [0.25, 0.3) is 0 Å². The van der Waals surface area contributed by atoms with Crippen LogP contribution in [0.15, 0.2) is 134 Å². The first-order valence-electron chi connectivity index (χ1n) is 19.6. The lowest BCUT2D eigenvalue weighted by atomic mass is 10.2. The molecule has 0 aliphatic rings. The smallest absolute Gasteiger partial charge is 0.507 e. The molecule has 0 atom stereocenters. The second-order valence-corrected chi connectivity index (χ2v) is 18.1. The number of anilines is 2. The van der Waals surface area contributed by atoms with E-state index in [0.29, 0.717) is 27.2 Å². The van der Waals surface area contributed by atoms with Crippen LogP contribution in [0.1, 0.15) is 30.4 Å². The number of nitrogens with two attached hydrogens (primary N) is 1. The summed E-state index contributed by atoms with van der Waals surface area (Å²) in [6.07, 6.45) is 5.76. The number of rotatable bonds is 16. The summed E-state index contributed by atoms with van der Waals surface area (Å²) in [7, 11) is -2.26. The Morgan fingerprint density at radius 1 is 0.621 bits per heavy atom. The first kappa shape index (κ1) is 58.2. The minimum absolute atomic E-state index is 0.0572. The van der Waals surface area contributed by atoms with Gasteiger partial charge in [-0.2, -0.15) is 32.5 Å². The fourth-order valence-corrected chi connectivity index (χ4v) is 5.16. The van der Waals surface area contributed by atoms with Crippen molar-refractivity contribution in [1.29, 1.82) is 0 Å². The molecule has 2 amide bonds. The Labute approximate surface area is 393 Å². The van der Waals surface area contributed by atoms with Gasteiger partial charge in [-0.3, -0.25) is 4.18 Å². The van der Waals surface area contributed by atoms with Crippen molar-refractivity contribution in [2.24, 2.45) is 5.73 Å². The van der Waals surface area contributed by atoms with Crippen LogP contribution in [-0.2, 0) is 46.0 Å². The van der Waals surface area contributed by atoms with Crippen LogP contribution in [0, 0.1) is 15.6 Å². The van der Waals surface area contributed by atoms with Crippen molar-refractivity contribution in [3.8, 4) is 0 Å². The fraction of sp³-hybridized carbons (Fsp3) is 0.310. The normalized spacial score (nSPS) is 10.4. The highest BCUT2D eigenvalue weighted by Crippen LogP contribution is 2.14. The van der Waals surface area contributed by atoms with Crippen molar-refractivity contribution >= 4 is 65.3 Å². The molecule has 66 heavy (non-hydrogen) atoms. The molecule has 362 valence electrons. The molecule has 3 heterocycles. The van der Waals surface area contributed by atoms with E-state index in [1.165, 1.54) is 47.8 Å². The van der Waals surface area contributed by atoms with Gasteiger partial charge < -0.3 is 41.0 Å². The van der Waals surface area contributed by atoms with Gasteiger partial charge in [-0.25, -0.2) is 17.9 Å². The molecule has 0 fully saturated rings. The Kier molecular flexibility index (Phi) is 28.9. The standard InChI is InChI=1S/C17H20N2O6S.C16H18N2O4.C5H4ClNO.C3H9NO.CH3ClO2S/c1-26(22,23)25-13-7-11-18(16-10-5-6-12-19(16)21)17(20)24-14-15-8-3-2-4-9-15;19-12-6-10-17(15-9-4-5-11-18(15)21)16(20)22-13-14-7-2-1-3-8-14;6-5-3-1-2-4-7(5)8;4-2-1-3-5;1-5(2,3)4/h2-6,8-10,12H,7,11,13-14H2,1H3;1-5,7-9,11,19H,6,10,12-13H2;1-4H;5H,1-4H2;1H3. The number of pyridine rings is 3. The Bertz CT molecular complexity index is 2330. The monoisotopic (exact) mass is 1000 g/mol. The van der Waals surface area contributed by atoms with Crippen molar-refractivity contribution in [2.75, 3.05) is 61.8 Å². The number of hydrogen-bond donors (Lipinski definition) is 3. The van der Waals surface area contributed by atoms with Gasteiger partial charge in [-0.05, 0) is 53.9 Å². The second kappa shape index (κ2) is 32.7. The van der Waals surface area contributed by atoms with Crippen LogP contribution in [-0.4, -0.2) is 91.2 Å². The molecule has 24 heteroatoms. The molecule has 0 radical (unpaired) electrons.